The van der Waals surface area contributed by atoms with Crippen LogP contribution < -0.4 is 0 Å². The molecule has 0 aromatic carbocycles. The molecule has 0 saturated heterocycles. The molecule has 13 heavy (non-hydrogen) atoms. The van der Waals surface area contributed by atoms with Gasteiger partial charge in [0.1, 0.15) is 0 Å². The van der Waals surface area contributed by atoms with Gasteiger partial charge in [0.05, 0.1) is 26.4 Å². The van der Waals surface area contributed by atoms with Crippen molar-refractivity contribution < 1.29 is 28.3 Å². The highest BCUT2D eigenvalue weighted by atomic mass is 31.2. The molecule has 0 fully saturated rings. The van der Waals surface area contributed by atoms with Gasteiger partial charge in [-0.2, -0.15) is 0 Å². The van der Waals surface area contributed by atoms with Crippen molar-refractivity contribution in [1.82, 2.24) is 0 Å². The molecule has 0 unspecified atom stereocenters. The summed E-state index contributed by atoms with van der Waals surface area (Å²) in [7, 11) is -4.34. The molecule has 0 bridgehead atoms. The summed E-state index contributed by atoms with van der Waals surface area (Å²) in [4.78, 5) is 16.5. The summed E-state index contributed by atoms with van der Waals surface area (Å²) in [6, 6.07) is 0. The molecule has 0 atom stereocenters. The van der Waals surface area contributed by atoms with Gasteiger partial charge in [-0.3, -0.25) is 4.52 Å². The van der Waals surface area contributed by atoms with Gasteiger partial charge in [-0.25, -0.2) is 4.57 Å². The lowest BCUT2D eigenvalue weighted by Gasteiger charge is -2.05. The molecule has 0 spiro atoms. The highest BCUT2D eigenvalue weighted by molar-refractivity contribution is 7.46. The molecule has 0 rings (SSSR count). The smallest absolute Gasteiger partial charge is 0.379 e. The van der Waals surface area contributed by atoms with Gasteiger partial charge in [-0.15, -0.1) is 0 Å². The maximum atomic E-state index is 10.2. The molecule has 0 amide bonds. The monoisotopic (exact) mass is 214 g/mol. The molecule has 0 aliphatic heterocycles. The molecule has 2 N–H and O–H groups in total. The molecule has 0 aromatic heterocycles. The molecule has 6 nitrogen and oxygen atoms in total. The van der Waals surface area contributed by atoms with Crippen molar-refractivity contribution >= 4 is 7.82 Å². The third-order valence-electron chi connectivity index (χ3n) is 1.06. The third-order valence-corrected chi connectivity index (χ3v) is 1.58. The van der Waals surface area contributed by atoms with Crippen molar-refractivity contribution in [2.75, 3.05) is 33.0 Å². The summed E-state index contributed by atoms with van der Waals surface area (Å²) in [5, 5.41) is 0. The highest BCUT2D eigenvalue weighted by Gasteiger charge is 2.12. The fraction of sp³-hybridized carbons (Fsp3) is 1.00. The van der Waals surface area contributed by atoms with E-state index in [1.54, 1.807) is 0 Å². The predicted molar refractivity (Wildman–Crippen MR) is 45.3 cm³/mol. The molecule has 7 heteroatoms. The molecule has 0 saturated carbocycles. The minimum absolute atomic E-state index is 0.115. The summed E-state index contributed by atoms with van der Waals surface area (Å²) >= 11 is 0. The lowest BCUT2D eigenvalue weighted by molar-refractivity contribution is 0.0359. The zero-order valence-corrected chi connectivity index (χ0v) is 8.40. The van der Waals surface area contributed by atoms with Gasteiger partial charge in [0.25, 0.3) is 0 Å². The zero-order valence-electron chi connectivity index (χ0n) is 7.51. The minimum Gasteiger partial charge on any atom is -0.379 e. The molecule has 0 aromatic rings. The van der Waals surface area contributed by atoms with Crippen LogP contribution in [0.5, 0.6) is 0 Å². The summed E-state index contributed by atoms with van der Waals surface area (Å²) in [5.74, 6) is 0. The second-order valence-electron chi connectivity index (χ2n) is 2.13. The average Bonchev–Trinajstić information content (AvgIpc) is 2.01. The number of hydrogen-bond donors (Lipinski definition) is 2. The van der Waals surface area contributed by atoms with E-state index in [1.807, 2.05) is 6.92 Å². The van der Waals surface area contributed by atoms with E-state index >= 15 is 0 Å². The third kappa shape index (κ3) is 12.0. The van der Waals surface area contributed by atoms with Gasteiger partial charge in [0, 0.05) is 6.61 Å². The van der Waals surface area contributed by atoms with Gasteiger partial charge in [-0.05, 0) is 6.92 Å². The van der Waals surface area contributed by atoms with E-state index in [1.165, 1.54) is 0 Å². The standard InChI is InChI=1S/C6H15O6P/c1-2-10-3-4-11-5-6-12-13(7,8)9/h2-6H2,1H3,(H2,7,8,9). The maximum absolute atomic E-state index is 10.2. The topological polar surface area (TPSA) is 85.2 Å². The van der Waals surface area contributed by atoms with Crippen LogP contribution in [0.1, 0.15) is 6.92 Å². The second-order valence-corrected chi connectivity index (χ2v) is 3.37. The molecule has 0 aliphatic carbocycles. The summed E-state index contributed by atoms with van der Waals surface area (Å²) in [6.07, 6.45) is 0. The minimum atomic E-state index is -4.34. The normalized spacial score (nSPS) is 11.9. The lowest BCUT2D eigenvalue weighted by atomic mass is 10.7. The Morgan fingerprint density at radius 2 is 1.62 bits per heavy atom. The zero-order chi connectivity index (χ0) is 10.2. The Bertz CT molecular complexity index is 155. The molecular weight excluding hydrogens is 199 g/mol. The van der Waals surface area contributed by atoms with Crippen LogP contribution in [-0.4, -0.2) is 42.8 Å². The van der Waals surface area contributed by atoms with Crippen LogP contribution in [-0.2, 0) is 18.6 Å². The van der Waals surface area contributed by atoms with Gasteiger partial charge in [0.2, 0.25) is 0 Å². The molecule has 80 valence electrons. The number of phosphoric ester groups is 1. The van der Waals surface area contributed by atoms with Crippen molar-refractivity contribution in [3.8, 4) is 0 Å². The van der Waals surface area contributed by atoms with Gasteiger partial charge in [-0.1, -0.05) is 0 Å². The number of hydrogen-bond acceptors (Lipinski definition) is 4. The number of phosphoric acid groups is 1. The Hall–Kier alpha value is 0.0300. The van der Waals surface area contributed by atoms with E-state index in [-0.39, 0.29) is 13.2 Å². The van der Waals surface area contributed by atoms with Crippen LogP contribution in [0.4, 0.5) is 0 Å². The SMILES string of the molecule is CCOCCOCCOP(=O)(O)O. The summed E-state index contributed by atoms with van der Waals surface area (Å²) in [5.41, 5.74) is 0. The van der Waals surface area contributed by atoms with Crippen molar-refractivity contribution in [3.05, 3.63) is 0 Å². The van der Waals surface area contributed by atoms with E-state index in [2.05, 4.69) is 4.52 Å². The van der Waals surface area contributed by atoms with Crippen LogP contribution in [0.25, 0.3) is 0 Å². The lowest BCUT2D eigenvalue weighted by Crippen LogP contribution is -2.08. The van der Waals surface area contributed by atoms with Crippen molar-refractivity contribution in [3.63, 3.8) is 0 Å². The van der Waals surface area contributed by atoms with Crippen LogP contribution in [0.15, 0.2) is 0 Å². The first kappa shape index (κ1) is 13.0. The number of ether oxygens (including phenoxy) is 2. The van der Waals surface area contributed by atoms with Crippen LogP contribution in [0.2, 0.25) is 0 Å². The summed E-state index contributed by atoms with van der Waals surface area (Å²) < 4.78 is 24.2. The maximum Gasteiger partial charge on any atom is 0.469 e. The molecule has 0 aliphatic rings. The van der Waals surface area contributed by atoms with E-state index in [4.69, 9.17) is 19.3 Å². The van der Waals surface area contributed by atoms with Crippen LogP contribution >= 0.6 is 7.82 Å². The van der Waals surface area contributed by atoms with Crippen LogP contribution in [0, 0.1) is 0 Å². The van der Waals surface area contributed by atoms with Crippen molar-refractivity contribution in [2.24, 2.45) is 0 Å². The van der Waals surface area contributed by atoms with Gasteiger partial charge >= 0.3 is 7.82 Å². The Balaban J connectivity index is 3.04. The van der Waals surface area contributed by atoms with Crippen molar-refractivity contribution in [1.29, 1.82) is 0 Å². The average molecular weight is 214 g/mol. The first-order valence-electron chi connectivity index (χ1n) is 3.92. The Labute approximate surface area is 77.0 Å². The fourth-order valence-electron chi connectivity index (χ4n) is 0.579. The summed E-state index contributed by atoms with van der Waals surface area (Å²) in [6.45, 7) is 3.42. The van der Waals surface area contributed by atoms with E-state index in [0.29, 0.717) is 19.8 Å². The highest BCUT2D eigenvalue weighted by Crippen LogP contribution is 2.35. The molecule has 0 heterocycles. The molecular formula is C6H15O6P. The molecule has 0 radical (unpaired) electrons. The van der Waals surface area contributed by atoms with Crippen LogP contribution in [0.3, 0.4) is 0 Å². The quantitative estimate of drug-likeness (QED) is 0.442. The fourth-order valence-corrected chi connectivity index (χ4v) is 0.892. The van der Waals surface area contributed by atoms with Crippen molar-refractivity contribution in [2.45, 2.75) is 6.92 Å². The first-order chi connectivity index (χ1) is 6.06. The Kier molecular flexibility index (Phi) is 7.45. The Morgan fingerprint density at radius 3 is 2.15 bits per heavy atom. The number of rotatable bonds is 8. The van der Waals surface area contributed by atoms with Gasteiger partial charge < -0.3 is 19.3 Å². The second kappa shape index (κ2) is 7.44. The first-order valence-corrected chi connectivity index (χ1v) is 5.45. The van der Waals surface area contributed by atoms with E-state index < -0.39 is 7.82 Å². The van der Waals surface area contributed by atoms with E-state index in [0.717, 1.165) is 0 Å². The largest absolute Gasteiger partial charge is 0.469 e. The van der Waals surface area contributed by atoms with Gasteiger partial charge in [0.15, 0.2) is 0 Å². The Morgan fingerprint density at radius 1 is 1.08 bits per heavy atom. The predicted octanol–water partition coefficient (Wildman–Crippen LogP) is 0.149. The van der Waals surface area contributed by atoms with E-state index in [9.17, 15) is 4.57 Å².